The van der Waals surface area contributed by atoms with E-state index in [1.807, 2.05) is 38.1 Å². The predicted octanol–water partition coefficient (Wildman–Crippen LogP) is 4.90. The molecule has 1 fully saturated rings. The SMILES string of the molecule is CC(C)Oc1ccc(C2(O)CCC(C(C)(C)C)CC2)cc1. The summed E-state index contributed by atoms with van der Waals surface area (Å²) < 4.78 is 5.67. The van der Waals surface area contributed by atoms with Crippen molar-refractivity contribution in [2.75, 3.05) is 0 Å². The lowest BCUT2D eigenvalue weighted by atomic mass is 9.67. The molecule has 0 bridgehead atoms. The second-order valence-corrected chi connectivity index (χ2v) is 7.86. The Balaban J connectivity index is 2.05. The minimum absolute atomic E-state index is 0.182. The molecule has 1 aliphatic rings. The van der Waals surface area contributed by atoms with Crippen molar-refractivity contribution in [3.8, 4) is 5.75 Å². The Hall–Kier alpha value is -1.02. The zero-order valence-electron chi connectivity index (χ0n) is 14.1. The van der Waals surface area contributed by atoms with Gasteiger partial charge in [-0.25, -0.2) is 0 Å². The summed E-state index contributed by atoms with van der Waals surface area (Å²) in [6, 6.07) is 8.00. The summed E-state index contributed by atoms with van der Waals surface area (Å²) in [5, 5.41) is 11.0. The van der Waals surface area contributed by atoms with Crippen LogP contribution in [0.1, 0.15) is 65.9 Å². The maximum absolute atomic E-state index is 11.0. The van der Waals surface area contributed by atoms with Crippen LogP contribution in [-0.4, -0.2) is 11.2 Å². The lowest BCUT2D eigenvalue weighted by molar-refractivity contribution is -0.0298. The summed E-state index contributed by atoms with van der Waals surface area (Å²) in [7, 11) is 0. The van der Waals surface area contributed by atoms with E-state index < -0.39 is 5.60 Å². The van der Waals surface area contributed by atoms with Crippen molar-refractivity contribution in [2.45, 2.75) is 72.0 Å². The molecule has 1 N–H and O–H groups in total. The van der Waals surface area contributed by atoms with Gasteiger partial charge in [-0.3, -0.25) is 0 Å². The van der Waals surface area contributed by atoms with Gasteiger partial charge in [-0.05, 0) is 68.6 Å². The third-order valence-corrected chi connectivity index (χ3v) is 4.80. The van der Waals surface area contributed by atoms with E-state index in [-0.39, 0.29) is 6.10 Å². The molecule has 0 aromatic heterocycles. The molecule has 1 aromatic rings. The van der Waals surface area contributed by atoms with Crippen LogP contribution < -0.4 is 4.74 Å². The van der Waals surface area contributed by atoms with Gasteiger partial charge in [0.1, 0.15) is 5.75 Å². The average Bonchev–Trinajstić information content (AvgIpc) is 2.38. The van der Waals surface area contributed by atoms with Gasteiger partial charge in [0.05, 0.1) is 11.7 Å². The van der Waals surface area contributed by atoms with Crippen LogP contribution in [0.3, 0.4) is 0 Å². The van der Waals surface area contributed by atoms with Crippen molar-refractivity contribution >= 4 is 0 Å². The van der Waals surface area contributed by atoms with E-state index in [4.69, 9.17) is 4.74 Å². The summed E-state index contributed by atoms with van der Waals surface area (Å²) >= 11 is 0. The van der Waals surface area contributed by atoms with Crippen molar-refractivity contribution in [3.63, 3.8) is 0 Å². The Labute approximate surface area is 129 Å². The van der Waals surface area contributed by atoms with E-state index in [0.29, 0.717) is 11.3 Å². The normalized spacial score (nSPS) is 26.9. The van der Waals surface area contributed by atoms with Gasteiger partial charge in [0, 0.05) is 0 Å². The van der Waals surface area contributed by atoms with Gasteiger partial charge in [-0.15, -0.1) is 0 Å². The summed E-state index contributed by atoms with van der Waals surface area (Å²) in [6.45, 7) is 11.0. The molecule has 1 aliphatic carbocycles. The van der Waals surface area contributed by atoms with Crippen molar-refractivity contribution in [1.82, 2.24) is 0 Å². The number of rotatable bonds is 3. The molecule has 2 nitrogen and oxygen atoms in total. The molecule has 0 heterocycles. The summed E-state index contributed by atoms with van der Waals surface area (Å²) in [5.41, 5.74) is 0.722. The third-order valence-electron chi connectivity index (χ3n) is 4.80. The zero-order valence-corrected chi connectivity index (χ0v) is 14.1. The topological polar surface area (TPSA) is 29.5 Å². The summed E-state index contributed by atoms with van der Waals surface area (Å²) in [4.78, 5) is 0. The number of hydrogen-bond donors (Lipinski definition) is 1. The van der Waals surface area contributed by atoms with E-state index in [2.05, 4.69) is 20.8 Å². The van der Waals surface area contributed by atoms with Crippen LogP contribution in [0.2, 0.25) is 0 Å². The number of ether oxygens (including phenoxy) is 1. The number of hydrogen-bond acceptors (Lipinski definition) is 2. The molecule has 0 atom stereocenters. The van der Waals surface area contributed by atoms with Crippen molar-refractivity contribution in [1.29, 1.82) is 0 Å². The van der Waals surface area contributed by atoms with Crippen molar-refractivity contribution < 1.29 is 9.84 Å². The zero-order chi connectivity index (χ0) is 15.7. The van der Waals surface area contributed by atoms with Crippen LogP contribution in [0.4, 0.5) is 0 Å². The fraction of sp³-hybridized carbons (Fsp3) is 0.684. The Kier molecular flexibility index (Phi) is 4.67. The molecule has 2 rings (SSSR count). The Bertz CT molecular complexity index is 445. The molecule has 0 radical (unpaired) electrons. The Morgan fingerprint density at radius 1 is 1.10 bits per heavy atom. The highest BCUT2D eigenvalue weighted by Gasteiger charge is 2.38. The molecule has 0 unspecified atom stereocenters. The predicted molar refractivity (Wildman–Crippen MR) is 87.5 cm³/mol. The third kappa shape index (κ3) is 4.00. The van der Waals surface area contributed by atoms with E-state index in [9.17, 15) is 5.11 Å². The quantitative estimate of drug-likeness (QED) is 0.858. The molecule has 118 valence electrons. The van der Waals surface area contributed by atoms with Crippen LogP contribution in [0.25, 0.3) is 0 Å². The fourth-order valence-corrected chi connectivity index (χ4v) is 3.37. The van der Waals surface area contributed by atoms with Crippen molar-refractivity contribution in [3.05, 3.63) is 29.8 Å². The summed E-state index contributed by atoms with van der Waals surface area (Å²) in [6.07, 6.45) is 4.11. The highest BCUT2D eigenvalue weighted by atomic mass is 16.5. The highest BCUT2D eigenvalue weighted by Crippen LogP contribution is 2.45. The molecular weight excluding hydrogens is 260 g/mol. The molecule has 1 aromatic carbocycles. The van der Waals surface area contributed by atoms with Gasteiger partial charge in [-0.1, -0.05) is 32.9 Å². The van der Waals surface area contributed by atoms with Crippen LogP contribution in [-0.2, 0) is 5.60 Å². The molecule has 0 aliphatic heterocycles. The largest absolute Gasteiger partial charge is 0.491 e. The lowest BCUT2D eigenvalue weighted by Gasteiger charge is -2.41. The second kappa shape index (κ2) is 6.00. The van der Waals surface area contributed by atoms with Crippen LogP contribution in [0.15, 0.2) is 24.3 Å². The number of aliphatic hydroxyl groups is 1. The van der Waals surface area contributed by atoms with Gasteiger partial charge >= 0.3 is 0 Å². The summed E-state index contributed by atoms with van der Waals surface area (Å²) in [5.74, 6) is 1.59. The second-order valence-electron chi connectivity index (χ2n) is 7.86. The fourth-order valence-electron chi connectivity index (χ4n) is 3.37. The lowest BCUT2D eigenvalue weighted by Crippen LogP contribution is -2.35. The highest BCUT2D eigenvalue weighted by molar-refractivity contribution is 5.31. The van der Waals surface area contributed by atoms with E-state index in [0.717, 1.165) is 37.0 Å². The molecule has 0 spiro atoms. The molecule has 0 saturated heterocycles. The van der Waals surface area contributed by atoms with Crippen LogP contribution in [0, 0.1) is 11.3 Å². The van der Waals surface area contributed by atoms with E-state index in [1.165, 1.54) is 0 Å². The smallest absolute Gasteiger partial charge is 0.119 e. The monoisotopic (exact) mass is 290 g/mol. The van der Waals surface area contributed by atoms with Gasteiger partial charge < -0.3 is 9.84 Å². The average molecular weight is 290 g/mol. The Morgan fingerprint density at radius 2 is 1.62 bits per heavy atom. The van der Waals surface area contributed by atoms with Gasteiger partial charge in [-0.2, -0.15) is 0 Å². The standard InChI is InChI=1S/C19H30O2/c1-14(2)21-17-8-6-16(7-9-17)19(20)12-10-15(11-13-19)18(3,4)5/h6-9,14-15,20H,10-13H2,1-5H3. The molecule has 0 amide bonds. The Morgan fingerprint density at radius 3 is 2.05 bits per heavy atom. The minimum Gasteiger partial charge on any atom is -0.491 e. The molecule has 1 saturated carbocycles. The molecule has 21 heavy (non-hydrogen) atoms. The first kappa shape index (κ1) is 16.4. The first-order valence-corrected chi connectivity index (χ1v) is 8.20. The van der Waals surface area contributed by atoms with Crippen LogP contribution in [0.5, 0.6) is 5.75 Å². The maximum Gasteiger partial charge on any atom is 0.119 e. The van der Waals surface area contributed by atoms with Crippen molar-refractivity contribution in [2.24, 2.45) is 11.3 Å². The van der Waals surface area contributed by atoms with Gasteiger partial charge in [0.25, 0.3) is 0 Å². The van der Waals surface area contributed by atoms with E-state index in [1.54, 1.807) is 0 Å². The van der Waals surface area contributed by atoms with Gasteiger partial charge in [0.15, 0.2) is 0 Å². The minimum atomic E-state index is -0.655. The number of benzene rings is 1. The molecular formula is C19H30O2. The first-order chi connectivity index (χ1) is 9.71. The van der Waals surface area contributed by atoms with Gasteiger partial charge in [0.2, 0.25) is 0 Å². The maximum atomic E-state index is 11.0. The molecule has 2 heteroatoms. The first-order valence-electron chi connectivity index (χ1n) is 8.20. The van der Waals surface area contributed by atoms with Crippen LogP contribution >= 0.6 is 0 Å². The van der Waals surface area contributed by atoms with E-state index >= 15 is 0 Å².